The summed E-state index contributed by atoms with van der Waals surface area (Å²) in [6, 6.07) is 10.6. The number of amides is 2. The molecule has 20 heavy (non-hydrogen) atoms. The molecular weight excluding hydrogens is 254 g/mol. The van der Waals surface area contributed by atoms with Crippen molar-refractivity contribution in [2.24, 2.45) is 0 Å². The van der Waals surface area contributed by atoms with Crippen LogP contribution in [0.2, 0.25) is 0 Å². The van der Waals surface area contributed by atoms with E-state index in [1.807, 2.05) is 32.0 Å². The second-order valence-electron chi connectivity index (χ2n) is 4.14. The first-order valence-electron chi connectivity index (χ1n) is 6.42. The molecule has 0 radical (unpaired) electrons. The number of nitrogens with one attached hydrogen (secondary N) is 2. The van der Waals surface area contributed by atoms with E-state index in [2.05, 4.69) is 15.6 Å². The smallest absolute Gasteiger partial charge is 0.323 e. The molecule has 1 aromatic carbocycles. The van der Waals surface area contributed by atoms with Crippen molar-refractivity contribution in [1.82, 2.24) is 4.98 Å². The van der Waals surface area contributed by atoms with Crippen LogP contribution >= 0.6 is 0 Å². The molecule has 104 valence electrons. The Morgan fingerprint density at radius 1 is 1.15 bits per heavy atom. The summed E-state index contributed by atoms with van der Waals surface area (Å²) >= 11 is 0. The highest BCUT2D eigenvalue weighted by Gasteiger charge is 2.08. The van der Waals surface area contributed by atoms with Gasteiger partial charge in [0.15, 0.2) is 0 Å². The fourth-order valence-corrected chi connectivity index (χ4v) is 1.74. The minimum atomic E-state index is -0.326. The maximum absolute atomic E-state index is 12.0. The number of ether oxygens (including phenoxy) is 1. The molecule has 0 fully saturated rings. The maximum Gasteiger partial charge on any atom is 0.323 e. The van der Waals surface area contributed by atoms with E-state index < -0.39 is 0 Å². The summed E-state index contributed by atoms with van der Waals surface area (Å²) in [5.41, 5.74) is 2.08. The lowest BCUT2D eigenvalue weighted by atomic mass is 10.3. The minimum Gasteiger partial charge on any atom is -0.492 e. The zero-order valence-electron chi connectivity index (χ0n) is 11.5. The van der Waals surface area contributed by atoms with E-state index in [-0.39, 0.29) is 6.03 Å². The van der Waals surface area contributed by atoms with Crippen LogP contribution in [0.15, 0.2) is 42.6 Å². The third-order valence-corrected chi connectivity index (χ3v) is 2.69. The van der Waals surface area contributed by atoms with Crippen LogP contribution in [0.4, 0.5) is 16.2 Å². The van der Waals surface area contributed by atoms with Gasteiger partial charge in [-0.15, -0.1) is 0 Å². The van der Waals surface area contributed by atoms with Gasteiger partial charge in [0.05, 0.1) is 23.7 Å². The molecule has 0 aliphatic heterocycles. The monoisotopic (exact) mass is 271 g/mol. The van der Waals surface area contributed by atoms with E-state index in [0.29, 0.717) is 23.7 Å². The van der Waals surface area contributed by atoms with Gasteiger partial charge in [-0.05, 0) is 38.1 Å². The highest BCUT2D eigenvalue weighted by Crippen LogP contribution is 2.23. The molecular formula is C15H17N3O2. The second kappa shape index (κ2) is 6.56. The van der Waals surface area contributed by atoms with Gasteiger partial charge in [0.25, 0.3) is 0 Å². The van der Waals surface area contributed by atoms with Gasteiger partial charge >= 0.3 is 6.03 Å². The highest BCUT2D eigenvalue weighted by molar-refractivity contribution is 6.00. The summed E-state index contributed by atoms with van der Waals surface area (Å²) in [5, 5.41) is 5.53. The van der Waals surface area contributed by atoms with Gasteiger partial charge in [0.1, 0.15) is 5.75 Å². The van der Waals surface area contributed by atoms with Crippen molar-refractivity contribution < 1.29 is 9.53 Å². The second-order valence-corrected chi connectivity index (χ2v) is 4.14. The van der Waals surface area contributed by atoms with Crippen LogP contribution in [0, 0.1) is 6.92 Å². The first-order valence-corrected chi connectivity index (χ1v) is 6.42. The predicted octanol–water partition coefficient (Wildman–Crippen LogP) is 3.43. The number of pyridine rings is 1. The van der Waals surface area contributed by atoms with Crippen molar-refractivity contribution in [3.8, 4) is 5.75 Å². The van der Waals surface area contributed by atoms with Crippen LogP contribution in [0.25, 0.3) is 0 Å². The van der Waals surface area contributed by atoms with E-state index in [4.69, 9.17) is 4.74 Å². The van der Waals surface area contributed by atoms with Gasteiger partial charge in [-0.3, -0.25) is 4.98 Å². The maximum atomic E-state index is 12.0. The van der Waals surface area contributed by atoms with Crippen LogP contribution < -0.4 is 15.4 Å². The van der Waals surface area contributed by atoms with Gasteiger partial charge in [-0.2, -0.15) is 0 Å². The largest absolute Gasteiger partial charge is 0.492 e. The van der Waals surface area contributed by atoms with Gasteiger partial charge in [-0.25, -0.2) is 4.79 Å². The fraction of sp³-hybridized carbons (Fsp3) is 0.200. The van der Waals surface area contributed by atoms with Crippen molar-refractivity contribution in [2.45, 2.75) is 13.8 Å². The summed E-state index contributed by atoms with van der Waals surface area (Å²) in [4.78, 5) is 16.1. The molecule has 0 bridgehead atoms. The third-order valence-electron chi connectivity index (χ3n) is 2.69. The van der Waals surface area contributed by atoms with Crippen molar-refractivity contribution >= 4 is 17.4 Å². The van der Waals surface area contributed by atoms with Crippen LogP contribution in [0.3, 0.4) is 0 Å². The summed E-state index contributed by atoms with van der Waals surface area (Å²) in [7, 11) is 0. The SMILES string of the molecule is CCOc1ccccc1NC(=O)Nc1cccnc1C. The summed E-state index contributed by atoms with van der Waals surface area (Å²) in [6.07, 6.45) is 1.68. The number of nitrogens with zero attached hydrogens (tertiary/aromatic N) is 1. The average molecular weight is 271 g/mol. The number of hydrogen-bond acceptors (Lipinski definition) is 3. The molecule has 2 rings (SSSR count). The normalized spacial score (nSPS) is 9.90. The molecule has 1 aromatic heterocycles. The number of benzene rings is 1. The quantitative estimate of drug-likeness (QED) is 0.895. The standard InChI is InChI=1S/C15H17N3O2/c1-3-20-14-9-5-4-7-13(14)18-15(19)17-12-8-6-10-16-11(12)2/h4-10H,3H2,1-2H3,(H2,17,18,19). The molecule has 2 amide bonds. The minimum absolute atomic E-state index is 0.326. The van der Waals surface area contributed by atoms with Crippen molar-refractivity contribution in [2.75, 3.05) is 17.2 Å². The first kappa shape index (κ1) is 13.9. The number of urea groups is 1. The lowest BCUT2D eigenvalue weighted by Gasteiger charge is -2.12. The molecule has 0 saturated carbocycles. The number of carbonyl (C=O) groups is 1. The van der Waals surface area contributed by atoms with E-state index in [0.717, 1.165) is 5.69 Å². The van der Waals surface area contributed by atoms with E-state index in [1.165, 1.54) is 0 Å². The highest BCUT2D eigenvalue weighted by atomic mass is 16.5. The Balaban J connectivity index is 2.07. The molecule has 2 N–H and O–H groups in total. The Bertz CT molecular complexity index is 599. The molecule has 5 heteroatoms. The Morgan fingerprint density at radius 3 is 2.60 bits per heavy atom. The van der Waals surface area contributed by atoms with Crippen LogP contribution in [0.1, 0.15) is 12.6 Å². The third kappa shape index (κ3) is 3.47. The van der Waals surface area contributed by atoms with Crippen molar-refractivity contribution in [3.05, 3.63) is 48.3 Å². The van der Waals surface area contributed by atoms with Crippen LogP contribution in [0.5, 0.6) is 5.75 Å². The Labute approximate surface area is 118 Å². The van der Waals surface area contributed by atoms with E-state index in [9.17, 15) is 4.79 Å². The molecule has 0 aliphatic carbocycles. The first-order chi connectivity index (χ1) is 9.70. The molecule has 0 unspecified atom stereocenters. The Morgan fingerprint density at radius 2 is 1.85 bits per heavy atom. The number of para-hydroxylation sites is 2. The topological polar surface area (TPSA) is 63.2 Å². The van der Waals surface area contributed by atoms with Gasteiger partial charge in [-0.1, -0.05) is 12.1 Å². The number of aromatic nitrogens is 1. The molecule has 0 saturated heterocycles. The zero-order chi connectivity index (χ0) is 14.4. The van der Waals surface area contributed by atoms with E-state index >= 15 is 0 Å². The fourth-order valence-electron chi connectivity index (χ4n) is 1.74. The Hall–Kier alpha value is -2.56. The van der Waals surface area contributed by atoms with Crippen LogP contribution in [-0.4, -0.2) is 17.6 Å². The number of anilines is 2. The van der Waals surface area contributed by atoms with Gasteiger partial charge in [0, 0.05) is 6.20 Å². The van der Waals surface area contributed by atoms with Gasteiger partial charge in [0.2, 0.25) is 0 Å². The number of aryl methyl sites for hydroxylation is 1. The number of hydrogen-bond donors (Lipinski definition) is 2. The molecule has 0 atom stereocenters. The van der Waals surface area contributed by atoms with Crippen molar-refractivity contribution in [1.29, 1.82) is 0 Å². The van der Waals surface area contributed by atoms with Crippen molar-refractivity contribution in [3.63, 3.8) is 0 Å². The molecule has 2 aromatic rings. The number of carbonyl (C=O) groups excluding carboxylic acids is 1. The lowest BCUT2D eigenvalue weighted by molar-refractivity contribution is 0.262. The summed E-state index contributed by atoms with van der Waals surface area (Å²) < 4.78 is 5.46. The predicted molar refractivity (Wildman–Crippen MR) is 79.2 cm³/mol. The van der Waals surface area contributed by atoms with Gasteiger partial charge < -0.3 is 15.4 Å². The average Bonchev–Trinajstić information content (AvgIpc) is 2.44. The molecule has 5 nitrogen and oxygen atoms in total. The number of rotatable bonds is 4. The van der Waals surface area contributed by atoms with Crippen LogP contribution in [-0.2, 0) is 0 Å². The molecule has 1 heterocycles. The molecule has 0 aliphatic rings. The zero-order valence-corrected chi connectivity index (χ0v) is 11.5. The summed E-state index contributed by atoms with van der Waals surface area (Å²) in [6.45, 7) is 4.28. The lowest BCUT2D eigenvalue weighted by Crippen LogP contribution is -2.20. The summed E-state index contributed by atoms with van der Waals surface area (Å²) in [5.74, 6) is 0.646. The van der Waals surface area contributed by atoms with E-state index in [1.54, 1.807) is 24.4 Å². The molecule has 0 spiro atoms. The Kier molecular flexibility index (Phi) is 4.55.